The number of nitrogens with zero attached hydrogens (tertiary/aromatic N) is 1. The van der Waals surface area contributed by atoms with Crippen LogP contribution in [0.4, 0.5) is 0 Å². The molecule has 1 unspecified atom stereocenters. The lowest BCUT2D eigenvalue weighted by Gasteiger charge is -2.23. The van der Waals surface area contributed by atoms with Gasteiger partial charge in [-0.25, -0.2) is 12.7 Å². The van der Waals surface area contributed by atoms with Gasteiger partial charge in [0.2, 0.25) is 10.0 Å². The van der Waals surface area contributed by atoms with E-state index < -0.39 is 10.0 Å². The summed E-state index contributed by atoms with van der Waals surface area (Å²) in [4.78, 5) is 0. The van der Waals surface area contributed by atoms with E-state index in [0.29, 0.717) is 15.6 Å². The van der Waals surface area contributed by atoms with Gasteiger partial charge in [-0.3, -0.25) is 0 Å². The molecule has 0 fully saturated rings. The molecule has 8 heteroatoms. The summed E-state index contributed by atoms with van der Waals surface area (Å²) in [5.74, 6) is -0.120. The number of hydrogen-bond donors (Lipinski definition) is 1. The summed E-state index contributed by atoms with van der Waals surface area (Å²) < 4.78 is 25.5. The van der Waals surface area contributed by atoms with Crippen molar-refractivity contribution in [1.82, 2.24) is 4.31 Å². The van der Waals surface area contributed by atoms with Crippen LogP contribution in [0.25, 0.3) is 0 Å². The Morgan fingerprint density at radius 3 is 2.37 bits per heavy atom. The lowest BCUT2D eigenvalue weighted by Crippen LogP contribution is -2.40. The number of sulfonamides is 1. The molecular weight excluding hydrogens is 331 g/mol. The monoisotopic (exact) mass is 346 g/mol. The highest BCUT2D eigenvalue weighted by molar-refractivity contribution is 7.88. The fraction of sp³-hybridized carbons (Fsp3) is 0.455. The average Bonchev–Trinajstić information content (AvgIpc) is 2.31. The van der Waals surface area contributed by atoms with Crippen LogP contribution in [0.2, 0.25) is 10.0 Å². The zero-order chi connectivity index (χ0) is 13.9. The second kappa shape index (κ2) is 7.67. The Balaban J connectivity index is 0.00000324. The van der Waals surface area contributed by atoms with Gasteiger partial charge in [0, 0.05) is 19.6 Å². The van der Waals surface area contributed by atoms with Crippen LogP contribution in [0.3, 0.4) is 0 Å². The topological polar surface area (TPSA) is 63.4 Å². The van der Waals surface area contributed by atoms with Crippen molar-refractivity contribution in [2.24, 2.45) is 5.73 Å². The molecule has 1 aromatic carbocycles. The summed E-state index contributed by atoms with van der Waals surface area (Å²) in [6.45, 7) is 2.03. The molecule has 0 spiro atoms. The number of rotatable bonds is 5. The molecule has 110 valence electrons. The maximum Gasteiger partial charge on any atom is 0.218 e. The maximum atomic E-state index is 12.1. The van der Waals surface area contributed by atoms with E-state index in [0.717, 1.165) is 0 Å². The van der Waals surface area contributed by atoms with Crippen LogP contribution in [0.1, 0.15) is 12.5 Å². The van der Waals surface area contributed by atoms with Crippen LogP contribution in [0.5, 0.6) is 0 Å². The third kappa shape index (κ3) is 5.10. The number of benzene rings is 1. The summed E-state index contributed by atoms with van der Waals surface area (Å²) >= 11 is 11.6. The summed E-state index contributed by atoms with van der Waals surface area (Å²) in [6, 6.07) is 4.55. The van der Waals surface area contributed by atoms with Crippen molar-refractivity contribution in [1.29, 1.82) is 0 Å². The molecule has 0 saturated carbocycles. The summed E-state index contributed by atoms with van der Waals surface area (Å²) in [5.41, 5.74) is 6.06. The van der Waals surface area contributed by atoms with Crippen molar-refractivity contribution < 1.29 is 8.42 Å². The van der Waals surface area contributed by atoms with Crippen molar-refractivity contribution in [3.05, 3.63) is 33.8 Å². The molecule has 0 aliphatic rings. The molecule has 19 heavy (non-hydrogen) atoms. The Morgan fingerprint density at radius 2 is 1.89 bits per heavy atom. The Kier molecular flexibility index (Phi) is 7.65. The molecule has 0 radical (unpaired) electrons. The van der Waals surface area contributed by atoms with Crippen molar-refractivity contribution in [3.63, 3.8) is 0 Å². The van der Waals surface area contributed by atoms with E-state index in [4.69, 9.17) is 28.9 Å². The lowest BCUT2D eigenvalue weighted by molar-refractivity contribution is 0.394. The predicted octanol–water partition coefficient (Wildman–Crippen LogP) is 2.52. The molecule has 0 heterocycles. The van der Waals surface area contributed by atoms with E-state index in [9.17, 15) is 8.42 Å². The third-order valence-electron chi connectivity index (χ3n) is 2.73. The standard InChI is InChI=1S/C11H16Cl2N2O2S.ClH/c1-8(6-14)15(2)18(16,17)7-9-3-4-10(12)11(13)5-9;/h3-5,8H,6-7,14H2,1-2H3;1H. The van der Waals surface area contributed by atoms with Crippen LogP contribution < -0.4 is 5.73 Å². The Morgan fingerprint density at radius 1 is 1.32 bits per heavy atom. The molecule has 2 N–H and O–H groups in total. The molecule has 0 aromatic heterocycles. The van der Waals surface area contributed by atoms with Gasteiger partial charge in [0.05, 0.1) is 15.8 Å². The van der Waals surface area contributed by atoms with E-state index in [-0.39, 0.29) is 30.7 Å². The van der Waals surface area contributed by atoms with Gasteiger partial charge in [-0.15, -0.1) is 12.4 Å². The van der Waals surface area contributed by atoms with Gasteiger partial charge in [0.15, 0.2) is 0 Å². The fourth-order valence-electron chi connectivity index (χ4n) is 1.36. The smallest absolute Gasteiger partial charge is 0.218 e. The van der Waals surface area contributed by atoms with Gasteiger partial charge < -0.3 is 5.73 Å². The SMILES string of the molecule is CC(CN)N(C)S(=O)(=O)Cc1ccc(Cl)c(Cl)c1.Cl. The molecule has 0 aliphatic carbocycles. The normalized spacial score (nSPS) is 13.2. The minimum absolute atomic E-state index is 0. The van der Waals surface area contributed by atoms with E-state index in [2.05, 4.69) is 0 Å². The molecule has 4 nitrogen and oxygen atoms in total. The van der Waals surface area contributed by atoms with E-state index in [1.807, 2.05) is 0 Å². The Bertz CT molecular complexity index is 523. The highest BCUT2D eigenvalue weighted by Crippen LogP contribution is 2.24. The van der Waals surface area contributed by atoms with Gasteiger partial charge in [0.1, 0.15) is 0 Å². The predicted molar refractivity (Wildman–Crippen MR) is 82.6 cm³/mol. The first-order valence-electron chi connectivity index (χ1n) is 5.37. The molecule has 0 bridgehead atoms. The zero-order valence-corrected chi connectivity index (χ0v) is 13.8. The van der Waals surface area contributed by atoms with Gasteiger partial charge in [-0.05, 0) is 24.6 Å². The summed E-state index contributed by atoms with van der Waals surface area (Å²) in [7, 11) is -1.88. The van der Waals surface area contributed by atoms with Crippen LogP contribution in [0.15, 0.2) is 18.2 Å². The first kappa shape index (κ1) is 19.0. The first-order chi connectivity index (χ1) is 8.27. The first-order valence-corrected chi connectivity index (χ1v) is 7.74. The van der Waals surface area contributed by atoms with Gasteiger partial charge in [-0.1, -0.05) is 29.3 Å². The molecule has 0 saturated heterocycles. The van der Waals surface area contributed by atoms with Crippen molar-refractivity contribution in [3.8, 4) is 0 Å². The molecule has 1 aromatic rings. The minimum Gasteiger partial charge on any atom is -0.329 e. The zero-order valence-electron chi connectivity index (χ0n) is 10.6. The Hall–Kier alpha value is -0.0400. The van der Waals surface area contributed by atoms with Crippen molar-refractivity contribution >= 4 is 45.6 Å². The molecule has 1 rings (SSSR count). The highest BCUT2D eigenvalue weighted by atomic mass is 35.5. The maximum absolute atomic E-state index is 12.1. The number of likely N-dealkylation sites (N-methyl/N-ethyl adjacent to an activating group) is 1. The van der Waals surface area contributed by atoms with Crippen LogP contribution in [0, 0.1) is 0 Å². The second-order valence-corrected chi connectivity index (χ2v) is 6.95. The average molecular weight is 348 g/mol. The van der Waals surface area contributed by atoms with E-state index in [1.54, 1.807) is 25.1 Å². The molecule has 0 aliphatic heterocycles. The fourth-order valence-corrected chi connectivity index (χ4v) is 3.12. The van der Waals surface area contributed by atoms with Crippen LogP contribution in [-0.4, -0.2) is 32.4 Å². The van der Waals surface area contributed by atoms with Crippen LogP contribution >= 0.6 is 35.6 Å². The van der Waals surface area contributed by atoms with E-state index >= 15 is 0 Å². The summed E-state index contributed by atoms with van der Waals surface area (Å²) in [5, 5.41) is 0.750. The number of nitrogens with two attached hydrogens (primary N) is 1. The Labute approximate surface area is 130 Å². The quantitative estimate of drug-likeness (QED) is 0.890. The molecule has 0 amide bonds. The van der Waals surface area contributed by atoms with E-state index in [1.165, 1.54) is 11.4 Å². The van der Waals surface area contributed by atoms with Gasteiger partial charge in [0.25, 0.3) is 0 Å². The van der Waals surface area contributed by atoms with Crippen molar-refractivity contribution in [2.45, 2.75) is 18.7 Å². The van der Waals surface area contributed by atoms with Crippen molar-refractivity contribution in [2.75, 3.05) is 13.6 Å². The van der Waals surface area contributed by atoms with Gasteiger partial charge >= 0.3 is 0 Å². The lowest BCUT2D eigenvalue weighted by atomic mass is 10.2. The highest BCUT2D eigenvalue weighted by Gasteiger charge is 2.22. The van der Waals surface area contributed by atoms with Gasteiger partial charge in [-0.2, -0.15) is 0 Å². The largest absolute Gasteiger partial charge is 0.329 e. The number of hydrogen-bond acceptors (Lipinski definition) is 3. The minimum atomic E-state index is -3.40. The summed E-state index contributed by atoms with van der Waals surface area (Å²) in [6.07, 6.45) is 0. The van der Waals surface area contributed by atoms with Crippen LogP contribution in [-0.2, 0) is 15.8 Å². The number of halogens is 3. The third-order valence-corrected chi connectivity index (χ3v) is 5.41. The second-order valence-electron chi connectivity index (χ2n) is 4.11. The molecular formula is C11H17Cl3N2O2S. The molecule has 1 atom stereocenters.